The van der Waals surface area contributed by atoms with Crippen molar-refractivity contribution in [2.45, 2.75) is 25.4 Å². The molecular formula is C13H15F3O3. The molecule has 0 aliphatic heterocycles. The summed E-state index contributed by atoms with van der Waals surface area (Å²) in [4.78, 5) is 10.4. The maximum absolute atomic E-state index is 12.6. The molecule has 0 aromatic heterocycles. The Hall–Kier alpha value is -1.72. The van der Waals surface area contributed by atoms with Gasteiger partial charge in [0.05, 0.1) is 19.4 Å². The third-order valence-corrected chi connectivity index (χ3v) is 2.82. The first kappa shape index (κ1) is 15.3. The lowest BCUT2D eigenvalue weighted by Crippen LogP contribution is -2.26. The third-order valence-electron chi connectivity index (χ3n) is 2.82. The molecule has 0 aliphatic rings. The second-order valence-corrected chi connectivity index (χ2v) is 4.22. The van der Waals surface area contributed by atoms with Crippen molar-refractivity contribution in [1.29, 1.82) is 0 Å². The van der Waals surface area contributed by atoms with Gasteiger partial charge in [0, 0.05) is 0 Å². The maximum atomic E-state index is 12.6. The van der Waals surface area contributed by atoms with E-state index < -0.39 is 24.5 Å². The number of alkyl halides is 3. The molecule has 3 nitrogen and oxygen atoms in total. The van der Waals surface area contributed by atoms with Gasteiger partial charge in [-0.05, 0) is 30.5 Å². The minimum atomic E-state index is -4.48. The van der Waals surface area contributed by atoms with E-state index in [0.29, 0.717) is 5.75 Å². The first-order valence-electron chi connectivity index (χ1n) is 5.74. The number of halogens is 3. The summed E-state index contributed by atoms with van der Waals surface area (Å²) in [5.41, 5.74) is 0.723. The molecule has 1 unspecified atom stereocenters. The molecule has 0 saturated heterocycles. The number of aryl methyl sites for hydroxylation is 1. The number of hydrogen-bond acceptors (Lipinski definition) is 2. The summed E-state index contributed by atoms with van der Waals surface area (Å²) < 4.78 is 42.8. The Bertz CT molecular complexity index is 412. The molecule has 1 rings (SSSR count). The van der Waals surface area contributed by atoms with Gasteiger partial charge in [-0.15, -0.1) is 0 Å². The van der Waals surface area contributed by atoms with Crippen molar-refractivity contribution in [2.75, 3.05) is 7.11 Å². The van der Waals surface area contributed by atoms with Crippen LogP contribution in [0.25, 0.3) is 0 Å². The van der Waals surface area contributed by atoms with E-state index in [-0.39, 0.29) is 12.8 Å². The van der Waals surface area contributed by atoms with Gasteiger partial charge in [-0.3, -0.25) is 4.79 Å². The van der Waals surface area contributed by atoms with Crippen LogP contribution >= 0.6 is 0 Å². The molecule has 1 atom stereocenters. The van der Waals surface area contributed by atoms with Crippen molar-refractivity contribution in [3.05, 3.63) is 29.8 Å². The number of carboxylic acid groups (broad SMARTS) is 1. The Morgan fingerprint density at radius 2 is 1.89 bits per heavy atom. The fraction of sp³-hybridized carbons (Fsp3) is 0.462. The summed E-state index contributed by atoms with van der Waals surface area (Å²) in [7, 11) is 1.50. The third kappa shape index (κ3) is 5.19. The van der Waals surface area contributed by atoms with Gasteiger partial charge < -0.3 is 9.84 Å². The number of benzene rings is 1. The Morgan fingerprint density at radius 3 is 2.32 bits per heavy atom. The van der Waals surface area contributed by atoms with E-state index in [4.69, 9.17) is 9.84 Å². The zero-order valence-electron chi connectivity index (χ0n) is 10.4. The molecule has 1 aromatic carbocycles. The molecule has 0 bridgehead atoms. The fourth-order valence-corrected chi connectivity index (χ4v) is 1.73. The molecule has 0 fully saturated rings. The lowest BCUT2D eigenvalue weighted by molar-refractivity contribution is -0.184. The topological polar surface area (TPSA) is 46.5 Å². The second kappa shape index (κ2) is 6.45. The van der Waals surface area contributed by atoms with Crippen LogP contribution in [0.3, 0.4) is 0 Å². The van der Waals surface area contributed by atoms with Crippen LogP contribution in [0.5, 0.6) is 5.75 Å². The molecule has 0 saturated carbocycles. The Labute approximate surface area is 109 Å². The van der Waals surface area contributed by atoms with Crippen molar-refractivity contribution < 1.29 is 27.8 Å². The van der Waals surface area contributed by atoms with Gasteiger partial charge in [0.15, 0.2) is 0 Å². The Kier molecular flexibility index (Phi) is 5.20. The smallest absolute Gasteiger partial charge is 0.392 e. The molecule has 6 heteroatoms. The largest absolute Gasteiger partial charge is 0.497 e. The highest BCUT2D eigenvalue weighted by molar-refractivity contribution is 5.67. The number of hydrogen-bond donors (Lipinski definition) is 1. The number of ether oxygens (including phenoxy) is 1. The molecule has 0 aliphatic carbocycles. The lowest BCUT2D eigenvalue weighted by Gasteiger charge is -2.18. The summed E-state index contributed by atoms with van der Waals surface area (Å²) in [6, 6.07) is 6.67. The predicted molar refractivity (Wildman–Crippen MR) is 63.1 cm³/mol. The highest BCUT2D eigenvalue weighted by Crippen LogP contribution is 2.32. The maximum Gasteiger partial charge on any atom is 0.392 e. The normalized spacial score (nSPS) is 13.1. The quantitative estimate of drug-likeness (QED) is 0.867. The number of carboxylic acids is 1. The summed E-state index contributed by atoms with van der Waals surface area (Å²) in [6.07, 6.45) is -5.42. The van der Waals surface area contributed by atoms with Crippen LogP contribution in [0, 0.1) is 5.92 Å². The Balaban J connectivity index is 2.62. The summed E-state index contributed by atoms with van der Waals surface area (Å²) in [5.74, 6) is -2.62. The highest BCUT2D eigenvalue weighted by atomic mass is 19.4. The SMILES string of the molecule is COc1ccc(CCC(CC(=O)O)C(F)(F)F)cc1. The van der Waals surface area contributed by atoms with E-state index in [1.807, 2.05) is 0 Å². The number of rotatable bonds is 6. The zero-order chi connectivity index (χ0) is 14.5. The lowest BCUT2D eigenvalue weighted by atomic mass is 9.96. The van der Waals surface area contributed by atoms with Crippen LogP contribution < -0.4 is 4.74 Å². The molecule has 0 spiro atoms. The number of carbonyl (C=O) groups is 1. The van der Waals surface area contributed by atoms with Gasteiger partial charge in [0.2, 0.25) is 0 Å². The minimum Gasteiger partial charge on any atom is -0.497 e. The standard InChI is InChI=1S/C13H15F3O3/c1-19-11-6-3-9(4-7-11)2-5-10(8-12(17)18)13(14,15)16/h3-4,6-7,10H,2,5,8H2,1H3,(H,17,18). The van der Waals surface area contributed by atoms with Crippen LogP contribution in [0.2, 0.25) is 0 Å². The molecule has 19 heavy (non-hydrogen) atoms. The van der Waals surface area contributed by atoms with Gasteiger partial charge in [-0.2, -0.15) is 13.2 Å². The van der Waals surface area contributed by atoms with Gasteiger partial charge in [-0.25, -0.2) is 0 Å². The number of aliphatic carboxylic acids is 1. The van der Waals surface area contributed by atoms with Crippen LogP contribution in [0.15, 0.2) is 24.3 Å². The van der Waals surface area contributed by atoms with Gasteiger partial charge in [0.1, 0.15) is 5.75 Å². The zero-order valence-corrected chi connectivity index (χ0v) is 10.4. The fourth-order valence-electron chi connectivity index (χ4n) is 1.73. The molecular weight excluding hydrogens is 261 g/mol. The van der Waals surface area contributed by atoms with E-state index >= 15 is 0 Å². The van der Waals surface area contributed by atoms with E-state index in [2.05, 4.69) is 0 Å². The van der Waals surface area contributed by atoms with E-state index in [1.54, 1.807) is 24.3 Å². The molecule has 1 aromatic rings. The average Bonchev–Trinajstić information content (AvgIpc) is 2.33. The van der Waals surface area contributed by atoms with Crippen LogP contribution in [0.4, 0.5) is 13.2 Å². The highest BCUT2D eigenvalue weighted by Gasteiger charge is 2.40. The molecule has 0 amide bonds. The molecule has 1 N–H and O–H groups in total. The van der Waals surface area contributed by atoms with Crippen molar-refractivity contribution in [3.63, 3.8) is 0 Å². The molecule has 106 valence electrons. The first-order valence-corrected chi connectivity index (χ1v) is 5.74. The van der Waals surface area contributed by atoms with Crippen molar-refractivity contribution >= 4 is 5.97 Å². The van der Waals surface area contributed by atoms with Gasteiger partial charge in [0.25, 0.3) is 0 Å². The Morgan fingerprint density at radius 1 is 1.32 bits per heavy atom. The van der Waals surface area contributed by atoms with E-state index in [9.17, 15) is 18.0 Å². The van der Waals surface area contributed by atoms with Crippen LogP contribution in [-0.4, -0.2) is 24.4 Å². The summed E-state index contributed by atoms with van der Waals surface area (Å²) in [6.45, 7) is 0. The molecule has 0 heterocycles. The van der Waals surface area contributed by atoms with Crippen molar-refractivity contribution in [2.24, 2.45) is 5.92 Å². The number of methoxy groups -OCH3 is 1. The first-order chi connectivity index (χ1) is 8.82. The van der Waals surface area contributed by atoms with E-state index in [1.165, 1.54) is 7.11 Å². The minimum absolute atomic E-state index is 0.182. The van der Waals surface area contributed by atoms with Crippen molar-refractivity contribution in [3.8, 4) is 5.75 Å². The average molecular weight is 276 g/mol. The summed E-state index contributed by atoms with van der Waals surface area (Å²) >= 11 is 0. The van der Waals surface area contributed by atoms with E-state index in [0.717, 1.165) is 5.56 Å². The van der Waals surface area contributed by atoms with Crippen LogP contribution in [0.1, 0.15) is 18.4 Å². The van der Waals surface area contributed by atoms with Gasteiger partial charge >= 0.3 is 12.1 Å². The molecule has 0 radical (unpaired) electrons. The monoisotopic (exact) mass is 276 g/mol. The van der Waals surface area contributed by atoms with Crippen molar-refractivity contribution in [1.82, 2.24) is 0 Å². The predicted octanol–water partition coefficient (Wildman–Crippen LogP) is 3.28. The van der Waals surface area contributed by atoms with Gasteiger partial charge in [-0.1, -0.05) is 12.1 Å². The second-order valence-electron chi connectivity index (χ2n) is 4.22. The van der Waals surface area contributed by atoms with Crippen LogP contribution in [-0.2, 0) is 11.2 Å². The summed E-state index contributed by atoms with van der Waals surface area (Å²) in [5, 5.41) is 8.50.